The first-order valence-corrected chi connectivity index (χ1v) is 8.44. The Hall–Kier alpha value is -2.14. The van der Waals surface area contributed by atoms with E-state index in [4.69, 9.17) is 9.47 Å². The average molecular weight is 329 g/mol. The van der Waals surface area contributed by atoms with Gasteiger partial charge in [-0.25, -0.2) is 0 Å². The van der Waals surface area contributed by atoms with Crippen LogP contribution in [0.1, 0.15) is 16.5 Å². The van der Waals surface area contributed by atoms with Gasteiger partial charge in [-0.1, -0.05) is 30.3 Å². The lowest BCUT2D eigenvalue weighted by atomic mass is 10.1. The summed E-state index contributed by atoms with van der Waals surface area (Å²) in [5.41, 5.74) is 2.09. The predicted octanol–water partition coefficient (Wildman–Crippen LogP) is 3.48. The zero-order valence-corrected chi connectivity index (χ0v) is 14.0. The van der Waals surface area contributed by atoms with Crippen LogP contribution >= 0.6 is 11.8 Å². The number of rotatable bonds is 5. The fraction of sp³-hybridized carbons (Fsp3) is 0.278. The molecule has 3 rings (SSSR count). The fourth-order valence-electron chi connectivity index (χ4n) is 2.71. The summed E-state index contributed by atoms with van der Waals surface area (Å²) in [6.07, 6.45) is 0. The van der Waals surface area contributed by atoms with Crippen molar-refractivity contribution in [2.75, 3.05) is 20.0 Å². The summed E-state index contributed by atoms with van der Waals surface area (Å²) < 4.78 is 10.7. The zero-order chi connectivity index (χ0) is 16.2. The van der Waals surface area contributed by atoms with Gasteiger partial charge in [-0.2, -0.15) is 0 Å². The molecular formula is C18H19NO3S. The summed E-state index contributed by atoms with van der Waals surface area (Å²) in [7, 11) is 3.30. The number of carbonyl (C=O) groups is 1. The van der Waals surface area contributed by atoms with Crippen molar-refractivity contribution < 1.29 is 14.3 Å². The van der Waals surface area contributed by atoms with E-state index in [9.17, 15) is 4.79 Å². The van der Waals surface area contributed by atoms with Crippen LogP contribution in [-0.4, -0.2) is 30.8 Å². The maximum atomic E-state index is 12.3. The molecule has 1 amide bonds. The Balaban J connectivity index is 1.88. The smallest absolute Gasteiger partial charge is 0.234 e. The highest BCUT2D eigenvalue weighted by Gasteiger charge is 2.33. The lowest BCUT2D eigenvalue weighted by Gasteiger charge is -2.25. The first kappa shape index (κ1) is 15.7. The van der Waals surface area contributed by atoms with Crippen LogP contribution in [0, 0.1) is 0 Å². The molecule has 0 aromatic heterocycles. The summed E-state index contributed by atoms with van der Waals surface area (Å²) in [5, 5.41) is 0.00233. The number of para-hydroxylation sites is 1. The molecule has 2 aromatic rings. The van der Waals surface area contributed by atoms with Crippen molar-refractivity contribution in [2.24, 2.45) is 0 Å². The van der Waals surface area contributed by atoms with E-state index in [2.05, 4.69) is 0 Å². The molecule has 0 aliphatic carbocycles. The minimum atomic E-state index is 0.00233. The van der Waals surface area contributed by atoms with Gasteiger partial charge in [0.2, 0.25) is 5.91 Å². The lowest BCUT2D eigenvalue weighted by Crippen LogP contribution is -2.27. The largest absolute Gasteiger partial charge is 0.497 e. The molecule has 1 saturated heterocycles. The monoisotopic (exact) mass is 329 g/mol. The van der Waals surface area contributed by atoms with Gasteiger partial charge in [0.25, 0.3) is 0 Å². The number of ether oxygens (including phenoxy) is 2. The van der Waals surface area contributed by atoms with Crippen LogP contribution in [0.15, 0.2) is 48.5 Å². The minimum Gasteiger partial charge on any atom is -0.497 e. The number of carbonyl (C=O) groups excluding carboxylic acids is 1. The van der Waals surface area contributed by atoms with E-state index in [1.165, 1.54) is 0 Å². The average Bonchev–Trinajstić information content (AvgIpc) is 2.96. The van der Waals surface area contributed by atoms with Gasteiger partial charge in [-0.05, 0) is 23.8 Å². The van der Waals surface area contributed by atoms with Crippen molar-refractivity contribution in [1.82, 2.24) is 4.90 Å². The molecular weight excluding hydrogens is 310 g/mol. The molecule has 5 heteroatoms. The third-order valence-corrected chi connectivity index (χ3v) is 5.14. The van der Waals surface area contributed by atoms with Crippen molar-refractivity contribution in [2.45, 2.75) is 11.9 Å². The Bertz CT molecular complexity index is 704. The first-order valence-electron chi connectivity index (χ1n) is 7.40. The normalized spacial score (nSPS) is 17.4. The quantitative estimate of drug-likeness (QED) is 0.842. The molecule has 0 bridgehead atoms. The maximum absolute atomic E-state index is 12.3. The van der Waals surface area contributed by atoms with E-state index in [-0.39, 0.29) is 11.3 Å². The molecule has 1 unspecified atom stereocenters. The molecule has 0 N–H and O–H groups in total. The van der Waals surface area contributed by atoms with Gasteiger partial charge in [0.05, 0.1) is 26.5 Å². The Morgan fingerprint density at radius 1 is 1.13 bits per heavy atom. The van der Waals surface area contributed by atoms with Crippen LogP contribution in [-0.2, 0) is 11.3 Å². The molecule has 23 heavy (non-hydrogen) atoms. The third-order valence-electron chi connectivity index (χ3n) is 3.88. The standard InChI is InChI=1S/C18H19NO3S/c1-21-15-8-5-7-13(10-15)18-19(17(20)12-23-18)11-14-6-3-4-9-16(14)22-2/h3-10,18H,11-12H2,1-2H3. The van der Waals surface area contributed by atoms with E-state index in [0.29, 0.717) is 12.3 Å². The van der Waals surface area contributed by atoms with Crippen molar-refractivity contribution in [1.29, 1.82) is 0 Å². The zero-order valence-electron chi connectivity index (χ0n) is 13.2. The summed E-state index contributed by atoms with van der Waals surface area (Å²) in [6.45, 7) is 0.539. The van der Waals surface area contributed by atoms with Gasteiger partial charge in [0.15, 0.2) is 0 Å². The number of hydrogen-bond acceptors (Lipinski definition) is 4. The second-order valence-electron chi connectivity index (χ2n) is 5.27. The molecule has 1 atom stereocenters. The molecule has 0 radical (unpaired) electrons. The van der Waals surface area contributed by atoms with E-state index >= 15 is 0 Å². The number of thioether (sulfide) groups is 1. The van der Waals surface area contributed by atoms with Crippen molar-refractivity contribution in [3.63, 3.8) is 0 Å². The third kappa shape index (κ3) is 3.29. The Kier molecular flexibility index (Phi) is 4.76. The van der Waals surface area contributed by atoms with E-state index in [1.807, 2.05) is 53.4 Å². The lowest BCUT2D eigenvalue weighted by molar-refractivity contribution is -0.128. The first-order chi connectivity index (χ1) is 11.2. The molecule has 4 nitrogen and oxygen atoms in total. The van der Waals surface area contributed by atoms with Crippen LogP contribution in [0.25, 0.3) is 0 Å². The predicted molar refractivity (Wildman–Crippen MR) is 91.7 cm³/mol. The molecule has 1 aliphatic rings. The van der Waals surface area contributed by atoms with Gasteiger partial charge in [0.1, 0.15) is 16.9 Å². The second kappa shape index (κ2) is 6.96. The number of hydrogen-bond donors (Lipinski definition) is 0. The second-order valence-corrected chi connectivity index (χ2v) is 6.34. The highest BCUT2D eigenvalue weighted by molar-refractivity contribution is 8.00. The highest BCUT2D eigenvalue weighted by Crippen LogP contribution is 2.41. The van der Waals surface area contributed by atoms with Crippen molar-refractivity contribution >= 4 is 17.7 Å². The summed E-state index contributed by atoms with van der Waals surface area (Å²) in [4.78, 5) is 14.2. The number of nitrogens with zero attached hydrogens (tertiary/aromatic N) is 1. The van der Waals surface area contributed by atoms with Gasteiger partial charge < -0.3 is 14.4 Å². The van der Waals surface area contributed by atoms with Crippen LogP contribution < -0.4 is 9.47 Å². The van der Waals surface area contributed by atoms with Gasteiger partial charge in [0, 0.05) is 5.56 Å². The van der Waals surface area contributed by atoms with Gasteiger partial charge in [-0.15, -0.1) is 11.8 Å². The molecule has 1 aliphatic heterocycles. The molecule has 1 heterocycles. The molecule has 0 spiro atoms. The van der Waals surface area contributed by atoms with Gasteiger partial charge in [-0.3, -0.25) is 4.79 Å². The topological polar surface area (TPSA) is 38.8 Å². The molecule has 0 saturated carbocycles. The molecule has 2 aromatic carbocycles. The van der Waals surface area contributed by atoms with E-state index in [0.717, 1.165) is 22.6 Å². The van der Waals surface area contributed by atoms with Crippen LogP contribution in [0.2, 0.25) is 0 Å². The molecule has 120 valence electrons. The van der Waals surface area contributed by atoms with E-state index in [1.54, 1.807) is 26.0 Å². The van der Waals surface area contributed by atoms with Crippen LogP contribution in [0.3, 0.4) is 0 Å². The highest BCUT2D eigenvalue weighted by atomic mass is 32.2. The minimum absolute atomic E-state index is 0.00233. The van der Waals surface area contributed by atoms with E-state index < -0.39 is 0 Å². The molecule has 1 fully saturated rings. The Labute approximate surface area is 140 Å². The van der Waals surface area contributed by atoms with Crippen LogP contribution in [0.4, 0.5) is 0 Å². The summed E-state index contributed by atoms with van der Waals surface area (Å²) >= 11 is 1.64. The number of benzene rings is 2. The van der Waals surface area contributed by atoms with Gasteiger partial charge >= 0.3 is 0 Å². The summed E-state index contributed by atoms with van der Waals surface area (Å²) in [6, 6.07) is 15.7. The van der Waals surface area contributed by atoms with Crippen LogP contribution in [0.5, 0.6) is 11.5 Å². The maximum Gasteiger partial charge on any atom is 0.234 e. The SMILES string of the molecule is COc1cccc(C2SCC(=O)N2Cc2ccccc2OC)c1. The fourth-order valence-corrected chi connectivity index (χ4v) is 3.89. The Morgan fingerprint density at radius 2 is 1.96 bits per heavy atom. The van der Waals surface area contributed by atoms with Crippen molar-refractivity contribution in [3.8, 4) is 11.5 Å². The number of methoxy groups -OCH3 is 2. The van der Waals surface area contributed by atoms with Crippen molar-refractivity contribution in [3.05, 3.63) is 59.7 Å². The Morgan fingerprint density at radius 3 is 2.74 bits per heavy atom. The summed E-state index contributed by atoms with van der Waals surface area (Å²) in [5.74, 6) is 2.26. The number of amides is 1.